The summed E-state index contributed by atoms with van der Waals surface area (Å²) in [5.74, 6) is 1.16. The molecule has 0 atom stereocenters. The Morgan fingerprint density at radius 2 is 2.06 bits per heavy atom. The van der Waals surface area contributed by atoms with Crippen LogP contribution in [0.15, 0.2) is 18.2 Å². The van der Waals surface area contributed by atoms with Gasteiger partial charge in [0.15, 0.2) is 0 Å². The van der Waals surface area contributed by atoms with Gasteiger partial charge in [-0.1, -0.05) is 6.07 Å². The molecule has 0 spiro atoms. The Hall–Kier alpha value is -1.09. The first-order valence-electron chi connectivity index (χ1n) is 6.61. The average molecular weight is 251 g/mol. The predicted molar refractivity (Wildman–Crippen MR) is 71.2 cm³/mol. The molecule has 1 aliphatic rings. The van der Waals surface area contributed by atoms with E-state index in [4.69, 9.17) is 4.74 Å². The molecule has 3 heteroatoms. The molecular weight excluding hydrogens is 229 g/mol. The third-order valence-electron chi connectivity index (χ3n) is 3.04. The van der Waals surface area contributed by atoms with Gasteiger partial charge in [0.1, 0.15) is 11.6 Å². The second kappa shape index (κ2) is 5.27. The summed E-state index contributed by atoms with van der Waals surface area (Å²) in [5, 5.41) is 3.30. The van der Waals surface area contributed by atoms with Crippen molar-refractivity contribution in [2.45, 2.75) is 45.7 Å². The first-order chi connectivity index (χ1) is 8.46. The SMILES string of the molecule is CC(C)(C)NCc1c(F)cccc1OCC1CC1. The molecule has 1 N–H and O–H groups in total. The van der Waals surface area contributed by atoms with Crippen molar-refractivity contribution in [3.05, 3.63) is 29.6 Å². The molecule has 1 saturated carbocycles. The Balaban J connectivity index is 2.04. The Kier molecular flexibility index (Phi) is 3.91. The standard InChI is InChI=1S/C15H22FNO/c1-15(2,3)17-9-12-13(16)5-4-6-14(12)18-10-11-7-8-11/h4-6,11,17H,7-10H2,1-3H3. The van der Waals surface area contributed by atoms with Gasteiger partial charge in [0, 0.05) is 17.6 Å². The number of rotatable bonds is 5. The molecule has 0 saturated heterocycles. The highest BCUT2D eigenvalue weighted by molar-refractivity contribution is 5.34. The fourth-order valence-electron chi connectivity index (χ4n) is 1.69. The number of hydrogen-bond acceptors (Lipinski definition) is 2. The number of ether oxygens (including phenoxy) is 1. The quantitative estimate of drug-likeness (QED) is 0.864. The molecule has 1 fully saturated rings. The maximum Gasteiger partial charge on any atom is 0.131 e. The minimum atomic E-state index is -0.194. The fraction of sp³-hybridized carbons (Fsp3) is 0.600. The Morgan fingerprint density at radius 1 is 1.33 bits per heavy atom. The van der Waals surface area contributed by atoms with Crippen molar-refractivity contribution in [1.29, 1.82) is 0 Å². The van der Waals surface area contributed by atoms with Gasteiger partial charge in [0.2, 0.25) is 0 Å². The molecule has 2 nitrogen and oxygen atoms in total. The summed E-state index contributed by atoms with van der Waals surface area (Å²) in [6, 6.07) is 5.05. The second-order valence-electron chi connectivity index (χ2n) is 6.07. The topological polar surface area (TPSA) is 21.3 Å². The third-order valence-corrected chi connectivity index (χ3v) is 3.04. The molecule has 0 aromatic heterocycles. The fourth-order valence-corrected chi connectivity index (χ4v) is 1.69. The summed E-state index contributed by atoms with van der Waals surface area (Å²) in [4.78, 5) is 0. The van der Waals surface area contributed by atoms with E-state index in [0.717, 1.165) is 0 Å². The van der Waals surface area contributed by atoms with Gasteiger partial charge in [-0.15, -0.1) is 0 Å². The van der Waals surface area contributed by atoms with E-state index < -0.39 is 0 Å². The summed E-state index contributed by atoms with van der Waals surface area (Å²) in [5.41, 5.74) is 0.601. The first-order valence-corrected chi connectivity index (χ1v) is 6.61. The first kappa shape index (κ1) is 13.3. The molecule has 2 rings (SSSR count). The maximum atomic E-state index is 13.8. The van der Waals surface area contributed by atoms with E-state index in [1.807, 2.05) is 6.07 Å². The highest BCUT2D eigenvalue weighted by Gasteiger charge is 2.23. The van der Waals surface area contributed by atoms with Crippen LogP contribution in [0.4, 0.5) is 4.39 Å². The minimum Gasteiger partial charge on any atom is -0.493 e. The summed E-state index contributed by atoms with van der Waals surface area (Å²) in [7, 11) is 0. The van der Waals surface area contributed by atoms with Gasteiger partial charge in [-0.25, -0.2) is 4.39 Å². The molecule has 0 amide bonds. The van der Waals surface area contributed by atoms with Gasteiger partial charge in [-0.2, -0.15) is 0 Å². The number of halogens is 1. The molecule has 0 radical (unpaired) electrons. The zero-order valence-electron chi connectivity index (χ0n) is 11.4. The van der Waals surface area contributed by atoms with Crippen LogP contribution in [0.3, 0.4) is 0 Å². The van der Waals surface area contributed by atoms with E-state index in [1.54, 1.807) is 6.07 Å². The number of nitrogens with one attached hydrogen (secondary N) is 1. The van der Waals surface area contributed by atoms with Gasteiger partial charge < -0.3 is 10.1 Å². The molecule has 0 bridgehead atoms. The molecule has 0 unspecified atom stereocenters. The van der Waals surface area contributed by atoms with Crippen molar-refractivity contribution in [2.24, 2.45) is 5.92 Å². The maximum absolute atomic E-state index is 13.8. The van der Waals surface area contributed by atoms with Crippen LogP contribution in [0.2, 0.25) is 0 Å². The van der Waals surface area contributed by atoms with Gasteiger partial charge >= 0.3 is 0 Å². The van der Waals surface area contributed by atoms with E-state index in [1.165, 1.54) is 18.9 Å². The molecule has 1 aliphatic carbocycles. The van der Waals surface area contributed by atoms with Crippen LogP contribution in [0.25, 0.3) is 0 Å². The van der Waals surface area contributed by atoms with Crippen molar-refractivity contribution < 1.29 is 9.13 Å². The molecular formula is C15H22FNO. The van der Waals surface area contributed by atoms with Crippen LogP contribution in [0.1, 0.15) is 39.2 Å². The molecule has 100 valence electrons. The Labute approximate surface area is 109 Å². The Bertz CT molecular complexity index is 407. The number of hydrogen-bond donors (Lipinski definition) is 1. The summed E-state index contributed by atoms with van der Waals surface area (Å²) in [6.45, 7) is 7.41. The van der Waals surface area contributed by atoms with Crippen LogP contribution < -0.4 is 10.1 Å². The second-order valence-corrected chi connectivity index (χ2v) is 6.07. The summed E-state index contributed by atoms with van der Waals surface area (Å²) in [6.07, 6.45) is 2.48. The van der Waals surface area contributed by atoms with Crippen molar-refractivity contribution in [3.63, 3.8) is 0 Å². The van der Waals surface area contributed by atoms with E-state index in [9.17, 15) is 4.39 Å². The molecule has 1 aromatic carbocycles. The van der Waals surface area contributed by atoms with Gasteiger partial charge in [0.05, 0.1) is 6.61 Å². The van der Waals surface area contributed by atoms with E-state index in [0.29, 0.717) is 30.4 Å². The third kappa shape index (κ3) is 3.98. The normalized spacial score (nSPS) is 15.8. The van der Waals surface area contributed by atoms with Crippen LogP contribution >= 0.6 is 0 Å². The lowest BCUT2D eigenvalue weighted by Gasteiger charge is -2.22. The Morgan fingerprint density at radius 3 is 2.67 bits per heavy atom. The predicted octanol–water partition coefficient (Wildman–Crippen LogP) is 3.50. The van der Waals surface area contributed by atoms with Crippen LogP contribution in [0.5, 0.6) is 5.75 Å². The lowest BCUT2D eigenvalue weighted by Crippen LogP contribution is -2.35. The zero-order chi connectivity index (χ0) is 13.2. The van der Waals surface area contributed by atoms with Crippen molar-refractivity contribution in [1.82, 2.24) is 5.32 Å². The van der Waals surface area contributed by atoms with E-state index in [-0.39, 0.29) is 11.4 Å². The largest absolute Gasteiger partial charge is 0.493 e. The highest BCUT2D eigenvalue weighted by atomic mass is 19.1. The van der Waals surface area contributed by atoms with Crippen molar-refractivity contribution >= 4 is 0 Å². The van der Waals surface area contributed by atoms with Crippen LogP contribution in [0, 0.1) is 11.7 Å². The van der Waals surface area contributed by atoms with Gasteiger partial charge in [-0.05, 0) is 51.7 Å². The summed E-state index contributed by atoms with van der Waals surface area (Å²) >= 11 is 0. The monoisotopic (exact) mass is 251 g/mol. The zero-order valence-corrected chi connectivity index (χ0v) is 11.4. The lowest BCUT2D eigenvalue weighted by atomic mass is 10.1. The molecule has 18 heavy (non-hydrogen) atoms. The molecule has 1 aromatic rings. The van der Waals surface area contributed by atoms with E-state index >= 15 is 0 Å². The smallest absolute Gasteiger partial charge is 0.131 e. The van der Waals surface area contributed by atoms with Crippen LogP contribution in [-0.2, 0) is 6.54 Å². The minimum absolute atomic E-state index is 0.0317. The number of benzene rings is 1. The van der Waals surface area contributed by atoms with Crippen molar-refractivity contribution in [2.75, 3.05) is 6.61 Å². The van der Waals surface area contributed by atoms with Gasteiger partial charge in [-0.3, -0.25) is 0 Å². The highest BCUT2D eigenvalue weighted by Crippen LogP contribution is 2.31. The van der Waals surface area contributed by atoms with E-state index in [2.05, 4.69) is 26.1 Å². The molecule has 0 heterocycles. The lowest BCUT2D eigenvalue weighted by molar-refractivity contribution is 0.292. The summed E-state index contributed by atoms with van der Waals surface area (Å²) < 4.78 is 19.6. The molecule has 0 aliphatic heterocycles. The van der Waals surface area contributed by atoms with Crippen LogP contribution in [-0.4, -0.2) is 12.1 Å². The van der Waals surface area contributed by atoms with Crippen molar-refractivity contribution in [3.8, 4) is 5.75 Å². The average Bonchev–Trinajstić information content (AvgIpc) is 3.07. The van der Waals surface area contributed by atoms with Gasteiger partial charge in [0.25, 0.3) is 0 Å².